The number of hydrogen-bond acceptors (Lipinski definition) is 3. The van der Waals surface area contributed by atoms with Crippen molar-refractivity contribution in [3.8, 4) is 5.75 Å². The molecule has 0 aromatic heterocycles. The summed E-state index contributed by atoms with van der Waals surface area (Å²) in [6.07, 6.45) is 0. The number of ether oxygens (including phenoxy) is 1. The summed E-state index contributed by atoms with van der Waals surface area (Å²) in [5, 5.41) is 3.50. The number of rotatable bonds is 4. The summed E-state index contributed by atoms with van der Waals surface area (Å²) in [5.74, 6) is 0.107. The first kappa shape index (κ1) is 15.5. The van der Waals surface area contributed by atoms with E-state index in [1.54, 1.807) is 30.3 Å². The molecule has 21 heavy (non-hydrogen) atoms. The van der Waals surface area contributed by atoms with Gasteiger partial charge in [-0.2, -0.15) is 0 Å². The molecule has 0 atom stereocenters. The lowest BCUT2D eigenvalue weighted by Gasteiger charge is -2.10. The lowest BCUT2D eigenvalue weighted by atomic mass is 10.2. The number of amides is 1. The van der Waals surface area contributed by atoms with Crippen molar-refractivity contribution >= 4 is 40.5 Å². The van der Waals surface area contributed by atoms with E-state index in [0.29, 0.717) is 27.2 Å². The van der Waals surface area contributed by atoms with Crippen LogP contribution in [-0.2, 0) is 4.79 Å². The first-order valence-corrected chi connectivity index (χ1v) is 6.95. The van der Waals surface area contributed by atoms with E-state index in [4.69, 9.17) is 33.7 Å². The van der Waals surface area contributed by atoms with Crippen LogP contribution in [0.1, 0.15) is 5.56 Å². The van der Waals surface area contributed by atoms with E-state index >= 15 is 0 Å². The van der Waals surface area contributed by atoms with Crippen molar-refractivity contribution < 1.29 is 9.53 Å². The van der Waals surface area contributed by atoms with Crippen molar-refractivity contribution in [2.45, 2.75) is 6.92 Å². The molecule has 0 saturated heterocycles. The van der Waals surface area contributed by atoms with Crippen LogP contribution in [-0.4, -0.2) is 12.5 Å². The molecule has 2 rings (SSSR count). The Kier molecular flexibility index (Phi) is 4.94. The number of nitrogens with two attached hydrogens (primary N) is 1. The third-order valence-electron chi connectivity index (χ3n) is 2.71. The molecule has 0 saturated carbocycles. The van der Waals surface area contributed by atoms with Crippen molar-refractivity contribution in [3.63, 3.8) is 0 Å². The second kappa shape index (κ2) is 6.70. The Balaban J connectivity index is 1.97. The van der Waals surface area contributed by atoms with Gasteiger partial charge in [0.2, 0.25) is 0 Å². The van der Waals surface area contributed by atoms with E-state index < -0.39 is 0 Å². The Morgan fingerprint density at radius 2 is 1.95 bits per heavy atom. The molecule has 0 aliphatic rings. The summed E-state index contributed by atoms with van der Waals surface area (Å²) < 4.78 is 5.38. The lowest BCUT2D eigenvalue weighted by Crippen LogP contribution is -2.20. The maximum atomic E-state index is 11.8. The zero-order valence-electron chi connectivity index (χ0n) is 11.3. The Morgan fingerprint density at radius 1 is 1.19 bits per heavy atom. The molecule has 6 heteroatoms. The monoisotopic (exact) mass is 324 g/mol. The number of hydrogen-bond donors (Lipinski definition) is 2. The third kappa shape index (κ3) is 4.28. The molecule has 4 nitrogen and oxygen atoms in total. The van der Waals surface area contributed by atoms with Gasteiger partial charge in [-0.25, -0.2) is 0 Å². The van der Waals surface area contributed by atoms with Gasteiger partial charge < -0.3 is 15.8 Å². The van der Waals surface area contributed by atoms with Gasteiger partial charge in [0.15, 0.2) is 6.61 Å². The van der Waals surface area contributed by atoms with Crippen molar-refractivity contribution in [1.29, 1.82) is 0 Å². The molecule has 0 spiro atoms. The molecule has 2 aromatic rings. The van der Waals surface area contributed by atoms with Crippen LogP contribution in [0.4, 0.5) is 11.4 Å². The van der Waals surface area contributed by atoms with Crippen molar-refractivity contribution in [2.75, 3.05) is 17.7 Å². The van der Waals surface area contributed by atoms with Gasteiger partial charge in [-0.05, 0) is 42.8 Å². The molecule has 0 radical (unpaired) electrons. The maximum Gasteiger partial charge on any atom is 0.262 e. The summed E-state index contributed by atoms with van der Waals surface area (Å²) in [7, 11) is 0. The fourth-order valence-corrected chi connectivity index (χ4v) is 2.15. The van der Waals surface area contributed by atoms with Crippen molar-refractivity contribution in [1.82, 2.24) is 0 Å². The van der Waals surface area contributed by atoms with Crippen LogP contribution < -0.4 is 15.8 Å². The summed E-state index contributed by atoms with van der Waals surface area (Å²) in [6, 6.07) is 10.2. The summed E-state index contributed by atoms with van der Waals surface area (Å²) in [4.78, 5) is 11.8. The van der Waals surface area contributed by atoms with Gasteiger partial charge in [0.1, 0.15) is 5.75 Å². The summed E-state index contributed by atoms with van der Waals surface area (Å²) in [5.41, 5.74) is 7.62. The zero-order chi connectivity index (χ0) is 15.4. The van der Waals surface area contributed by atoms with Crippen LogP contribution >= 0.6 is 23.2 Å². The average molecular weight is 325 g/mol. The first-order chi connectivity index (χ1) is 9.95. The van der Waals surface area contributed by atoms with E-state index in [1.165, 1.54) is 0 Å². The van der Waals surface area contributed by atoms with Gasteiger partial charge in [0, 0.05) is 5.69 Å². The molecule has 2 aromatic carbocycles. The smallest absolute Gasteiger partial charge is 0.262 e. The topological polar surface area (TPSA) is 64.3 Å². The van der Waals surface area contributed by atoms with Crippen LogP contribution in [0.2, 0.25) is 10.0 Å². The Hall–Kier alpha value is -1.91. The molecule has 0 aliphatic carbocycles. The minimum Gasteiger partial charge on any atom is -0.482 e. The SMILES string of the molecule is Cc1ccc(OCC(=O)Nc2cc(N)ccc2Cl)c(Cl)c1. The van der Waals surface area contributed by atoms with Gasteiger partial charge in [0.05, 0.1) is 15.7 Å². The van der Waals surface area contributed by atoms with Crippen molar-refractivity contribution in [3.05, 3.63) is 52.0 Å². The first-order valence-electron chi connectivity index (χ1n) is 6.19. The predicted octanol–water partition coefficient (Wildman–Crippen LogP) is 3.90. The minimum atomic E-state index is -0.348. The van der Waals surface area contributed by atoms with Gasteiger partial charge in [-0.15, -0.1) is 0 Å². The number of carbonyl (C=O) groups excluding carboxylic acids is 1. The van der Waals surface area contributed by atoms with E-state index in [2.05, 4.69) is 5.32 Å². The average Bonchev–Trinajstić information content (AvgIpc) is 2.42. The van der Waals surface area contributed by atoms with Crippen LogP contribution in [0.3, 0.4) is 0 Å². The van der Waals surface area contributed by atoms with E-state index in [-0.39, 0.29) is 12.5 Å². The van der Waals surface area contributed by atoms with E-state index in [1.807, 2.05) is 13.0 Å². The Labute approximate surface area is 132 Å². The molecule has 110 valence electrons. The van der Waals surface area contributed by atoms with Gasteiger partial charge in [-0.3, -0.25) is 4.79 Å². The maximum absolute atomic E-state index is 11.8. The minimum absolute atomic E-state index is 0.173. The van der Waals surface area contributed by atoms with Crippen molar-refractivity contribution in [2.24, 2.45) is 0 Å². The summed E-state index contributed by atoms with van der Waals surface area (Å²) >= 11 is 12.0. The zero-order valence-corrected chi connectivity index (χ0v) is 12.8. The molecule has 0 bridgehead atoms. The molecule has 1 amide bonds. The Bertz CT molecular complexity index is 675. The molecule has 0 aliphatic heterocycles. The Morgan fingerprint density at radius 3 is 2.67 bits per heavy atom. The highest BCUT2D eigenvalue weighted by atomic mass is 35.5. The number of benzene rings is 2. The number of nitrogen functional groups attached to an aromatic ring is 1. The fraction of sp³-hybridized carbons (Fsp3) is 0.133. The number of anilines is 2. The van der Waals surface area contributed by atoms with Crippen LogP contribution in [0.15, 0.2) is 36.4 Å². The molecular formula is C15H14Cl2N2O2. The number of carbonyl (C=O) groups is 1. The lowest BCUT2D eigenvalue weighted by molar-refractivity contribution is -0.118. The molecule has 0 unspecified atom stereocenters. The number of nitrogens with one attached hydrogen (secondary N) is 1. The molecule has 0 fully saturated rings. The highest BCUT2D eigenvalue weighted by Gasteiger charge is 2.09. The fourth-order valence-electron chi connectivity index (χ4n) is 1.69. The van der Waals surface area contributed by atoms with Crippen LogP contribution in [0.5, 0.6) is 5.75 Å². The predicted molar refractivity (Wildman–Crippen MR) is 86.2 cm³/mol. The molecule has 3 N–H and O–H groups in total. The molecular weight excluding hydrogens is 311 g/mol. The second-order valence-corrected chi connectivity index (χ2v) is 5.32. The largest absolute Gasteiger partial charge is 0.482 e. The third-order valence-corrected chi connectivity index (χ3v) is 3.34. The van der Waals surface area contributed by atoms with Crippen LogP contribution in [0.25, 0.3) is 0 Å². The highest BCUT2D eigenvalue weighted by molar-refractivity contribution is 6.34. The van der Waals surface area contributed by atoms with E-state index in [0.717, 1.165) is 5.56 Å². The molecule has 0 heterocycles. The number of aryl methyl sites for hydroxylation is 1. The number of halogens is 2. The van der Waals surface area contributed by atoms with Gasteiger partial charge in [-0.1, -0.05) is 29.3 Å². The summed E-state index contributed by atoms with van der Waals surface area (Å²) in [6.45, 7) is 1.75. The second-order valence-electron chi connectivity index (χ2n) is 4.51. The normalized spacial score (nSPS) is 10.2. The van der Waals surface area contributed by atoms with Crippen LogP contribution in [0, 0.1) is 6.92 Å². The standard InChI is InChI=1S/C15H14Cl2N2O2/c1-9-2-5-14(12(17)6-9)21-8-15(20)19-13-7-10(18)3-4-11(13)16/h2-7H,8,18H2,1H3,(H,19,20). The van der Waals surface area contributed by atoms with Gasteiger partial charge in [0.25, 0.3) is 5.91 Å². The van der Waals surface area contributed by atoms with E-state index in [9.17, 15) is 4.79 Å². The quantitative estimate of drug-likeness (QED) is 0.838. The highest BCUT2D eigenvalue weighted by Crippen LogP contribution is 2.26. The van der Waals surface area contributed by atoms with Gasteiger partial charge >= 0.3 is 0 Å².